The Kier molecular flexibility index (Phi) is 8.33. The first-order chi connectivity index (χ1) is 20.5. The molecule has 1 unspecified atom stereocenters. The van der Waals surface area contributed by atoms with E-state index in [0.29, 0.717) is 34.8 Å². The zero-order chi connectivity index (χ0) is 29.1. The Balaban J connectivity index is 1.37. The summed E-state index contributed by atoms with van der Waals surface area (Å²) in [4.78, 5) is 17.3. The van der Waals surface area contributed by atoms with Crippen LogP contribution >= 0.6 is 23.2 Å². The highest BCUT2D eigenvalue weighted by Crippen LogP contribution is 2.40. The largest absolute Gasteiger partial charge is 0.489 e. The number of morpholine rings is 1. The van der Waals surface area contributed by atoms with Crippen molar-refractivity contribution in [3.63, 3.8) is 0 Å². The van der Waals surface area contributed by atoms with E-state index in [1.54, 1.807) is 19.1 Å². The Morgan fingerprint density at radius 1 is 0.857 bits per heavy atom. The number of hydrazone groups is 1. The summed E-state index contributed by atoms with van der Waals surface area (Å²) in [7, 11) is 0. The lowest BCUT2D eigenvalue weighted by atomic mass is 10.1. The molecule has 0 saturated carbocycles. The Morgan fingerprint density at radius 3 is 2.21 bits per heavy atom. The Labute approximate surface area is 255 Å². The highest BCUT2D eigenvalue weighted by molar-refractivity contribution is 6.44. The van der Waals surface area contributed by atoms with Gasteiger partial charge in [0.25, 0.3) is 0 Å². The minimum atomic E-state index is -0.437. The molecule has 1 fully saturated rings. The van der Waals surface area contributed by atoms with Crippen molar-refractivity contribution in [3.05, 3.63) is 118 Å². The van der Waals surface area contributed by atoms with Gasteiger partial charge in [0.05, 0.1) is 18.9 Å². The first-order valence-corrected chi connectivity index (χ1v) is 14.6. The number of rotatable bonds is 8. The SMILES string of the molecule is CC(=O)C1=NN(c2ccccc2)C(c2cccc(OCc3c(Cl)cccc3Cl)c2)N1c1ccc(N2CCOCC2)cc1. The standard InChI is InChI=1S/C33H30Cl2N4O3/c1-23(40)32-36-39(27-8-3-2-4-9-27)33(38(32)26-15-13-25(14-16-26)37-17-19-41-20-18-37)24-7-5-10-28(21-24)42-22-29-30(34)11-6-12-31(29)35/h2-16,21,33H,17-20,22H2,1H3. The average molecular weight is 602 g/mol. The quantitative estimate of drug-likeness (QED) is 0.211. The third-order valence-corrected chi connectivity index (χ3v) is 8.06. The maximum absolute atomic E-state index is 13.0. The smallest absolute Gasteiger partial charge is 0.198 e. The number of nitrogens with zero attached hydrogens (tertiary/aromatic N) is 4. The molecule has 9 heteroatoms. The summed E-state index contributed by atoms with van der Waals surface area (Å²) < 4.78 is 11.7. The minimum Gasteiger partial charge on any atom is -0.489 e. The average Bonchev–Trinajstić information content (AvgIpc) is 3.43. The number of ketones is 1. The second kappa shape index (κ2) is 12.4. The van der Waals surface area contributed by atoms with E-state index in [1.165, 1.54) is 0 Å². The monoisotopic (exact) mass is 600 g/mol. The van der Waals surface area contributed by atoms with Gasteiger partial charge >= 0.3 is 0 Å². The molecule has 1 atom stereocenters. The van der Waals surface area contributed by atoms with Crippen LogP contribution in [-0.2, 0) is 16.1 Å². The van der Waals surface area contributed by atoms with Gasteiger partial charge in [-0.2, -0.15) is 0 Å². The van der Waals surface area contributed by atoms with Crippen molar-refractivity contribution in [1.82, 2.24) is 0 Å². The van der Waals surface area contributed by atoms with Crippen molar-refractivity contribution in [2.75, 3.05) is 41.1 Å². The van der Waals surface area contributed by atoms with Gasteiger partial charge in [-0.15, -0.1) is 5.10 Å². The number of benzene rings is 4. The van der Waals surface area contributed by atoms with Gasteiger partial charge in [0.15, 0.2) is 17.8 Å². The van der Waals surface area contributed by atoms with E-state index in [-0.39, 0.29) is 12.4 Å². The van der Waals surface area contributed by atoms with E-state index in [2.05, 4.69) is 17.0 Å². The molecule has 42 heavy (non-hydrogen) atoms. The number of anilines is 3. The molecule has 0 aromatic heterocycles. The van der Waals surface area contributed by atoms with Crippen LogP contribution in [0.4, 0.5) is 17.1 Å². The number of halogens is 2. The van der Waals surface area contributed by atoms with E-state index < -0.39 is 6.17 Å². The van der Waals surface area contributed by atoms with Crippen LogP contribution in [0.15, 0.2) is 102 Å². The first-order valence-electron chi connectivity index (χ1n) is 13.8. The molecule has 0 N–H and O–H groups in total. The summed E-state index contributed by atoms with van der Waals surface area (Å²) in [5, 5.41) is 7.84. The molecular formula is C33H30Cl2N4O3. The second-order valence-electron chi connectivity index (χ2n) is 10.1. The fourth-order valence-corrected chi connectivity index (χ4v) is 5.75. The van der Waals surface area contributed by atoms with Crippen molar-refractivity contribution in [2.45, 2.75) is 19.7 Å². The van der Waals surface area contributed by atoms with Crippen LogP contribution in [0.1, 0.15) is 24.2 Å². The van der Waals surface area contributed by atoms with Crippen LogP contribution in [0.2, 0.25) is 10.0 Å². The normalized spacial score (nSPS) is 16.9. The molecule has 2 heterocycles. The lowest BCUT2D eigenvalue weighted by Gasteiger charge is -2.33. The van der Waals surface area contributed by atoms with Crippen molar-refractivity contribution >= 4 is 51.9 Å². The van der Waals surface area contributed by atoms with E-state index in [9.17, 15) is 4.79 Å². The van der Waals surface area contributed by atoms with Gasteiger partial charge in [-0.05, 0) is 60.7 Å². The fraction of sp³-hybridized carbons (Fsp3) is 0.212. The topological polar surface area (TPSA) is 57.6 Å². The van der Waals surface area contributed by atoms with E-state index in [1.807, 2.05) is 82.7 Å². The predicted molar refractivity (Wildman–Crippen MR) is 169 cm³/mol. The summed E-state index contributed by atoms with van der Waals surface area (Å²) in [5.74, 6) is 0.879. The van der Waals surface area contributed by atoms with Gasteiger partial charge < -0.3 is 14.4 Å². The van der Waals surface area contributed by atoms with Crippen molar-refractivity contribution in [3.8, 4) is 5.75 Å². The zero-order valence-electron chi connectivity index (χ0n) is 23.1. The van der Waals surface area contributed by atoms with Crippen LogP contribution in [0.5, 0.6) is 5.75 Å². The number of hydrogen-bond acceptors (Lipinski definition) is 7. The molecule has 2 aliphatic rings. The first kappa shape index (κ1) is 28.1. The van der Waals surface area contributed by atoms with Gasteiger partial charge in [-0.3, -0.25) is 9.69 Å². The van der Waals surface area contributed by atoms with Crippen LogP contribution in [0.3, 0.4) is 0 Å². The zero-order valence-corrected chi connectivity index (χ0v) is 24.6. The molecule has 4 aromatic rings. The van der Waals surface area contributed by atoms with E-state index in [0.717, 1.165) is 41.3 Å². The van der Waals surface area contributed by atoms with Crippen LogP contribution < -0.4 is 19.5 Å². The Hall–Kier alpha value is -4.04. The maximum Gasteiger partial charge on any atom is 0.198 e. The third-order valence-electron chi connectivity index (χ3n) is 7.35. The third kappa shape index (κ3) is 5.81. The van der Waals surface area contributed by atoms with Crippen molar-refractivity contribution < 1.29 is 14.3 Å². The summed E-state index contributed by atoms with van der Waals surface area (Å²) >= 11 is 12.8. The highest BCUT2D eigenvalue weighted by atomic mass is 35.5. The molecule has 7 nitrogen and oxygen atoms in total. The van der Waals surface area contributed by atoms with Crippen molar-refractivity contribution in [2.24, 2.45) is 5.10 Å². The summed E-state index contributed by atoms with van der Waals surface area (Å²) in [6, 6.07) is 31.3. The molecule has 2 aliphatic heterocycles. The molecule has 0 amide bonds. The molecule has 4 aromatic carbocycles. The van der Waals surface area contributed by atoms with Gasteiger partial charge in [0.1, 0.15) is 12.4 Å². The number of Topliss-reactive ketones (excluding diaryl/α,β-unsaturated/α-hetero) is 1. The summed E-state index contributed by atoms with van der Waals surface area (Å²) in [6.45, 7) is 4.89. The molecule has 0 aliphatic carbocycles. The van der Waals surface area contributed by atoms with Crippen LogP contribution in [0.25, 0.3) is 0 Å². The Morgan fingerprint density at radius 2 is 1.52 bits per heavy atom. The van der Waals surface area contributed by atoms with Gasteiger partial charge in [0, 0.05) is 52.6 Å². The number of carbonyl (C=O) groups excluding carboxylic acids is 1. The van der Waals surface area contributed by atoms with E-state index >= 15 is 0 Å². The second-order valence-corrected chi connectivity index (χ2v) is 10.9. The molecule has 0 bridgehead atoms. The molecule has 6 rings (SSSR count). The number of carbonyl (C=O) groups is 1. The molecule has 1 saturated heterocycles. The van der Waals surface area contributed by atoms with Crippen LogP contribution in [0, 0.1) is 0 Å². The van der Waals surface area contributed by atoms with Gasteiger partial charge in [0.2, 0.25) is 0 Å². The lowest BCUT2D eigenvalue weighted by Crippen LogP contribution is -2.38. The van der Waals surface area contributed by atoms with E-state index in [4.69, 9.17) is 37.8 Å². The fourth-order valence-electron chi connectivity index (χ4n) is 5.24. The molecule has 214 valence electrons. The summed E-state index contributed by atoms with van der Waals surface area (Å²) in [5.41, 5.74) is 4.47. The Bertz CT molecular complexity index is 1570. The predicted octanol–water partition coefficient (Wildman–Crippen LogP) is 7.34. The van der Waals surface area contributed by atoms with Gasteiger partial charge in [-0.25, -0.2) is 5.01 Å². The minimum absolute atomic E-state index is 0.128. The summed E-state index contributed by atoms with van der Waals surface area (Å²) in [6.07, 6.45) is -0.437. The highest BCUT2D eigenvalue weighted by Gasteiger charge is 2.39. The van der Waals surface area contributed by atoms with Crippen LogP contribution in [-0.4, -0.2) is 37.9 Å². The number of amidine groups is 1. The number of para-hydroxylation sites is 1. The van der Waals surface area contributed by atoms with Gasteiger partial charge in [-0.1, -0.05) is 59.6 Å². The molecule has 0 spiro atoms. The maximum atomic E-state index is 13.0. The number of ether oxygens (including phenoxy) is 2. The molecular weight excluding hydrogens is 571 g/mol. The number of hydrogen-bond donors (Lipinski definition) is 0. The molecule has 0 radical (unpaired) electrons. The van der Waals surface area contributed by atoms with Crippen molar-refractivity contribution in [1.29, 1.82) is 0 Å². The lowest BCUT2D eigenvalue weighted by molar-refractivity contribution is -0.111.